The lowest BCUT2D eigenvalue weighted by atomic mass is 9.67. The lowest BCUT2D eigenvalue weighted by Gasteiger charge is -2.39. The second kappa shape index (κ2) is 10.1. The van der Waals surface area contributed by atoms with Crippen LogP contribution in [0.1, 0.15) is 22.3 Å². The molecule has 3 heterocycles. The van der Waals surface area contributed by atoms with E-state index in [1.165, 1.54) is 43.2 Å². The Kier molecular flexibility index (Phi) is 5.69. The molecule has 0 saturated carbocycles. The van der Waals surface area contributed by atoms with Crippen LogP contribution < -0.4 is 0 Å². The number of fused-ring (bicyclic) bond motifs is 10. The number of nitrogens with zero attached hydrogens (tertiary/aromatic N) is 3. The minimum atomic E-state index is -0.544. The van der Waals surface area contributed by atoms with Gasteiger partial charge in [-0.15, -0.1) is 0 Å². The summed E-state index contributed by atoms with van der Waals surface area (Å²) in [4.78, 5) is 17.6. The summed E-state index contributed by atoms with van der Waals surface area (Å²) in [5.74, 6) is 1.95. The van der Waals surface area contributed by atoms with Crippen molar-refractivity contribution in [1.29, 1.82) is 0 Å². The van der Waals surface area contributed by atoms with Gasteiger partial charge in [-0.2, -0.15) is 0 Å². The summed E-state index contributed by atoms with van der Waals surface area (Å²) in [6.07, 6.45) is 1.78. The van der Waals surface area contributed by atoms with Crippen LogP contribution in [0.15, 0.2) is 166 Å². The minimum Gasteiger partial charge on any atom is -0.464 e. The summed E-state index contributed by atoms with van der Waals surface area (Å²) in [5.41, 5.74) is 10.7. The molecule has 1 aliphatic carbocycles. The Balaban J connectivity index is 1.27. The van der Waals surface area contributed by atoms with Crippen molar-refractivity contribution >= 4 is 22.7 Å². The molecule has 0 bridgehead atoms. The van der Waals surface area contributed by atoms with Crippen molar-refractivity contribution in [3.05, 3.63) is 174 Å². The zero-order valence-corrected chi connectivity index (χ0v) is 25.9. The molecular formula is C42H25N3OS. The molecule has 0 fully saturated rings. The maximum atomic E-state index is 6.02. The van der Waals surface area contributed by atoms with Gasteiger partial charge in [-0.3, -0.25) is 0 Å². The lowest BCUT2D eigenvalue weighted by molar-refractivity contribution is 0.614. The molecular weight excluding hydrogens is 595 g/mol. The number of furan rings is 1. The summed E-state index contributed by atoms with van der Waals surface area (Å²) in [6.45, 7) is 0. The van der Waals surface area contributed by atoms with E-state index in [-0.39, 0.29) is 0 Å². The van der Waals surface area contributed by atoms with Crippen LogP contribution in [0.25, 0.3) is 56.3 Å². The Labute approximate surface area is 275 Å². The highest BCUT2D eigenvalue weighted by Gasteiger charge is 2.50. The van der Waals surface area contributed by atoms with Gasteiger partial charge in [-0.1, -0.05) is 121 Å². The normalized spacial score (nSPS) is 15.7. The predicted molar refractivity (Wildman–Crippen MR) is 187 cm³/mol. The average molecular weight is 620 g/mol. The Hall–Kier alpha value is -5.78. The highest BCUT2D eigenvalue weighted by atomic mass is 32.2. The van der Waals surface area contributed by atoms with E-state index in [1.807, 2.05) is 72.4 Å². The van der Waals surface area contributed by atoms with Crippen molar-refractivity contribution in [2.45, 2.75) is 15.2 Å². The fourth-order valence-corrected chi connectivity index (χ4v) is 8.60. The van der Waals surface area contributed by atoms with Crippen molar-refractivity contribution in [3.63, 3.8) is 0 Å². The fourth-order valence-electron chi connectivity index (χ4n) is 7.43. The van der Waals surface area contributed by atoms with Crippen LogP contribution in [0.2, 0.25) is 0 Å². The van der Waals surface area contributed by atoms with Crippen LogP contribution in [0.4, 0.5) is 0 Å². The average Bonchev–Trinajstić information content (AvgIpc) is 3.72. The third-order valence-corrected chi connectivity index (χ3v) is 10.6. The van der Waals surface area contributed by atoms with Gasteiger partial charge in [0.1, 0.15) is 5.58 Å². The Morgan fingerprint density at radius 1 is 0.447 bits per heavy atom. The monoisotopic (exact) mass is 619 g/mol. The van der Waals surface area contributed by atoms with Crippen LogP contribution in [0, 0.1) is 0 Å². The molecule has 1 atom stereocenters. The Morgan fingerprint density at radius 3 is 1.81 bits per heavy atom. The molecule has 0 N–H and O–H groups in total. The molecule has 1 spiro atoms. The summed E-state index contributed by atoms with van der Waals surface area (Å²) in [5, 5.41) is 1.11. The van der Waals surface area contributed by atoms with E-state index in [0.717, 1.165) is 27.7 Å². The highest BCUT2D eigenvalue weighted by molar-refractivity contribution is 7.99. The first-order valence-electron chi connectivity index (χ1n) is 15.7. The minimum absolute atomic E-state index is 0.544. The number of benzene rings is 6. The largest absolute Gasteiger partial charge is 0.464 e. The molecule has 1 aliphatic heterocycles. The molecule has 47 heavy (non-hydrogen) atoms. The van der Waals surface area contributed by atoms with E-state index in [2.05, 4.69) is 84.9 Å². The van der Waals surface area contributed by atoms with Gasteiger partial charge in [0.15, 0.2) is 17.5 Å². The molecule has 5 heteroatoms. The highest BCUT2D eigenvalue weighted by Crippen LogP contribution is 2.62. The molecule has 0 radical (unpaired) electrons. The van der Waals surface area contributed by atoms with Gasteiger partial charge >= 0.3 is 0 Å². The maximum absolute atomic E-state index is 6.02. The number of hydrogen-bond acceptors (Lipinski definition) is 5. The third-order valence-electron chi connectivity index (χ3n) is 9.47. The smallest absolute Gasteiger partial charge is 0.164 e. The van der Waals surface area contributed by atoms with Gasteiger partial charge in [0, 0.05) is 31.9 Å². The van der Waals surface area contributed by atoms with E-state index >= 15 is 0 Å². The maximum Gasteiger partial charge on any atom is 0.164 e. The van der Waals surface area contributed by atoms with E-state index in [1.54, 1.807) is 6.26 Å². The summed E-state index contributed by atoms with van der Waals surface area (Å²) in [6, 6.07) is 51.3. The number of aromatic nitrogens is 3. The summed E-state index contributed by atoms with van der Waals surface area (Å²) in [7, 11) is 0. The Bertz CT molecular complexity index is 2450. The second-order valence-corrected chi connectivity index (χ2v) is 13.1. The molecule has 4 nitrogen and oxygen atoms in total. The first kappa shape index (κ1) is 26.4. The standard InChI is InChI=1S/C42H25N3OS/c1-3-11-26(12-4-1)39-43-40(27-13-5-2-6-14-27)45-41(44-39)29-19-20-38-35(24-29)42(33-17-9-10-18-37(33)47-38)32-16-8-7-15-30(32)31-23-28-21-22-46-36(28)25-34(31)42/h1-25H. The van der Waals surface area contributed by atoms with Crippen molar-refractivity contribution in [2.75, 3.05) is 0 Å². The SMILES string of the molecule is c1ccc(-c2nc(-c3ccccc3)nc(-c3ccc4c(c3)C3(c5ccccc5S4)c4ccccc4-c4cc5ccoc5cc43)n2)cc1. The van der Waals surface area contributed by atoms with Gasteiger partial charge in [0.2, 0.25) is 0 Å². The van der Waals surface area contributed by atoms with Gasteiger partial charge < -0.3 is 4.42 Å². The van der Waals surface area contributed by atoms with Crippen molar-refractivity contribution in [3.8, 4) is 45.3 Å². The van der Waals surface area contributed by atoms with Crippen LogP contribution >= 0.6 is 11.8 Å². The third kappa shape index (κ3) is 3.87. The van der Waals surface area contributed by atoms with E-state index in [0.29, 0.717) is 17.5 Å². The van der Waals surface area contributed by atoms with Gasteiger partial charge in [-0.25, -0.2) is 15.0 Å². The van der Waals surface area contributed by atoms with E-state index in [9.17, 15) is 0 Å². The molecule has 8 aromatic rings. The van der Waals surface area contributed by atoms with Crippen molar-refractivity contribution in [2.24, 2.45) is 0 Å². The van der Waals surface area contributed by atoms with Crippen LogP contribution in [-0.2, 0) is 5.41 Å². The van der Waals surface area contributed by atoms with Gasteiger partial charge in [0.05, 0.1) is 11.7 Å². The van der Waals surface area contributed by atoms with Gasteiger partial charge in [-0.05, 0) is 69.8 Å². The number of rotatable bonds is 3. The van der Waals surface area contributed by atoms with Crippen molar-refractivity contribution in [1.82, 2.24) is 15.0 Å². The molecule has 0 amide bonds. The quantitative estimate of drug-likeness (QED) is 0.197. The first-order valence-corrected chi connectivity index (χ1v) is 16.5. The van der Waals surface area contributed by atoms with Crippen molar-refractivity contribution < 1.29 is 4.42 Å². The van der Waals surface area contributed by atoms with Crippen LogP contribution in [0.5, 0.6) is 0 Å². The molecule has 10 rings (SSSR count). The zero-order chi connectivity index (χ0) is 31.0. The fraction of sp³-hybridized carbons (Fsp3) is 0.0238. The molecule has 2 aliphatic rings. The summed E-state index contributed by atoms with van der Waals surface area (Å²) < 4.78 is 6.02. The van der Waals surface area contributed by atoms with E-state index in [4.69, 9.17) is 19.4 Å². The lowest BCUT2D eigenvalue weighted by Crippen LogP contribution is -2.32. The first-order chi connectivity index (χ1) is 23.3. The molecule has 1 unspecified atom stereocenters. The predicted octanol–water partition coefficient (Wildman–Crippen LogP) is 10.4. The topological polar surface area (TPSA) is 51.8 Å². The van der Waals surface area contributed by atoms with Crippen LogP contribution in [0.3, 0.4) is 0 Å². The second-order valence-electron chi connectivity index (χ2n) is 12.0. The molecule has 0 saturated heterocycles. The van der Waals surface area contributed by atoms with E-state index < -0.39 is 5.41 Å². The Morgan fingerprint density at radius 2 is 1.06 bits per heavy atom. The molecule has 220 valence electrons. The van der Waals surface area contributed by atoms with Gasteiger partial charge in [0.25, 0.3) is 0 Å². The molecule has 6 aromatic carbocycles. The molecule has 2 aromatic heterocycles. The van der Waals surface area contributed by atoms with Crippen LogP contribution in [-0.4, -0.2) is 15.0 Å². The summed E-state index contributed by atoms with van der Waals surface area (Å²) >= 11 is 1.83. The number of hydrogen-bond donors (Lipinski definition) is 0. The zero-order valence-electron chi connectivity index (χ0n) is 25.1.